The summed E-state index contributed by atoms with van der Waals surface area (Å²) < 4.78 is 7.32. The Hall–Kier alpha value is -2.64. The zero-order valence-corrected chi connectivity index (χ0v) is 16.4. The fourth-order valence-corrected chi connectivity index (χ4v) is 4.27. The summed E-state index contributed by atoms with van der Waals surface area (Å²) in [6, 6.07) is 13.4. The summed E-state index contributed by atoms with van der Waals surface area (Å²) in [6.45, 7) is 1.27. The van der Waals surface area contributed by atoms with E-state index in [1.165, 1.54) is 11.8 Å². The van der Waals surface area contributed by atoms with Crippen LogP contribution in [0.5, 0.6) is 0 Å². The van der Waals surface area contributed by atoms with E-state index in [-0.39, 0.29) is 11.7 Å². The van der Waals surface area contributed by atoms with Crippen molar-refractivity contribution < 1.29 is 14.3 Å². The molecule has 1 N–H and O–H groups in total. The first-order chi connectivity index (χ1) is 13.7. The second kappa shape index (κ2) is 8.16. The first-order valence-corrected chi connectivity index (χ1v) is 10.2. The quantitative estimate of drug-likeness (QED) is 0.489. The van der Waals surface area contributed by atoms with Crippen LogP contribution in [0, 0.1) is 0 Å². The van der Waals surface area contributed by atoms with E-state index in [0.29, 0.717) is 37.3 Å². The number of Topliss-reactive ketones (excluding diaryl/α,β-unsaturated/α-hetero) is 1. The van der Waals surface area contributed by atoms with Crippen molar-refractivity contribution in [2.45, 2.75) is 24.5 Å². The van der Waals surface area contributed by atoms with Gasteiger partial charge in [0.05, 0.1) is 23.4 Å². The maximum absolute atomic E-state index is 12.7. The SMILES string of the molecule is COCCn1c(SCC(=O)c2ccc3c(c2)CCC(=O)N3)nc2ccccc21. The topological polar surface area (TPSA) is 73.2 Å². The number of benzene rings is 2. The number of carbonyl (C=O) groups excluding carboxylic acids is 2. The Bertz CT molecular complexity index is 1040. The number of para-hydroxylation sites is 2. The molecule has 1 aromatic heterocycles. The predicted molar refractivity (Wildman–Crippen MR) is 110 cm³/mol. The molecule has 0 saturated carbocycles. The third-order valence-electron chi connectivity index (χ3n) is 4.79. The van der Waals surface area contributed by atoms with Gasteiger partial charge < -0.3 is 14.6 Å². The molecule has 0 spiro atoms. The number of hydrogen-bond donors (Lipinski definition) is 1. The largest absolute Gasteiger partial charge is 0.383 e. The predicted octanol–water partition coefficient (Wildman–Crippen LogP) is 3.54. The van der Waals surface area contributed by atoms with Crippen molar-refractivity contribution in [2.24, 2.45) is 0 Å². The number of imidazole rings is 1. The molecule has 1 amide bonds. The Morgan fingerprint density at radius 2 is 2.11 bits per heavy atom. The third kappa shape index (κ3) is 3.81. The van der Waals surface area contributed by atoms with Gasteiger partial charge in [0.15, 0.2) is 10.9 Å². The van der Waals surface area contributed by atoms with Gasteiger partial charge in [-0.25, -0.2) is 4.98 Å². The number of methoxy groups -OCH3 is 1. The van der Waals surface area contributed by atoms with Gasteiger partial charge in [0.1, 0.15) is 0 Å². The molecule has 0 aliphatic carbocycles. The summed E-state index contributed by atoms with van der Waals surface area (Å²) in [5.41, 5.74) is 4.45. The Balaban J connectivity index is 1.51. The van der Waals surface area contributed by atoms with E-state index in [1.807, 2.05) is 36.4 Å². The third-order valence-corrected chi connectivity index (χ3v) is 5.77. The second-order valence-electron chi connectivity index (χ2n) is 6.66. The van der Waals surface area contributed by atoms with Gasteiger partial charge in [-0.2, -0.15) is 0 Å². The number of hydrogen-bond acceptors (Lipinski definition) is 5. The molecule has 4 rings (SSSR count). The zero-order valence-electron chi connectivity index (χ0n) is 15.6. The van der Waals surface area contributed by atoms with Gasteiger partial charge in [0.25, 0.3) is 0 Å². The summed E-state index contributed by atoms with van der Waals surface area (Å²) in [7, 11) is 1.67. The minimum atomic E-state index is 0.0251. The standard InChI is InChI=1S/C21H21N3O3S/c1-27-11-10-24-18-5-3-2-4-17(18)23-21(24)28-13-19(25)15-6-8-16-14(12-15)7-9-20(26)22-16/h2-6,8,12H,7,9-11,13H2,1H3,(H,22,26). The smallest absolute Gasteiger partial charge is 0.224 e. The van der Waals surface area contributed by atoms with Crippen LogP contribution in [-0.2, 0) is 22.5 Å². The fraction of sp³-hybridized carbons (Fsp3) is 0.286. The first-order valence-electron chi connectivity index (χ1n) is 9.18. The van der Waals surface area contributed by atoms with Crippen molar-refractivity contribution in [3.05, 3.63) is 53.6 Å². The minimum Gasteiger partial charge on any atom is -0.383 e. The lowest BCUT2D eigenvalue weighted by molar-refractivity contribution is -0.116. The number of anilines is 1. The first kappa shape index (κ1) is 18.7. The van der Waals surface area contributed by atoms with Gasteiger partial charge in [-0.3, -0.25) is 9.59 Å². The minimum absolute atomic E-state index is 0.0251. The molecule has 1 aliphatic heterocycles. The lowest BCUT2D eigenvalue weighted by Crippen LogP contribution is -2.19. The van der Waals surface area contributed by atoms with Crippen LogP contribution in [0.3, 0.4) is 0 Å². The van der Waals surface area contributed by atoms with Gasteiger partial charge in [-0.1, -0.05) is 23.9 Å². The Kier molecular flexibility index (Phi) is 5.45. The lowest BCUT2D eigenvalue weighted by Gasteiger charge is -2.17. The van der Waals surface area contributed by atoms with E-state index in [4.69, 9.17) is 4.74 Å². The number of thioether (sulfide) groups is 1. The molecule has 3 aromatic rings. The molecule has 0 fully saturated rings. The van der Waals surface area contributed by atoms with E-state index in [0.717, 1.165) is 27.4 Å². The zero-order chi connectivity index (χ0) is 19.5. The highest BCUT2D eigenvalue weighted by molar-refractivity contribution is 7.99. The van der Waals surface area contributed by atoms with E-state index in [2.05, 4.69) is 14.9 Å². The highest BCUT2D eigenvalue weighted by Gasteiger charge is 2.18. The van der Waals surface area contributed by atoms with Gasteiger partial charge in [0, 0.05) is 31.3 Å². The highest BCUT2D eigenvalue weighted by atomic mass is 32.2. The fourth-order valence-electron chi connectivity index (χ4n) is 3.33. The van der Waals surface area contributed by atoms with Crippen molar-refractivity contribution >= 4 is 40.2 Å². The van der Waals surface area contributed by atoms with Crippen LogP contribution in [0.15, 0.2) is 47.6 Å². The van der Waals surface area contributed by atoms with Gasteiger partial charge in [-0.15, -0.1) is 0 Å². The Morgan fingerprint density at radius 3 is 2.96 bits per heavy atom. The molecule has 0 bridgehead atoms. The average molecular weight is 395 g/mol. The molecular formula is C21H21N3O3S. The molecule has 144 valence electrons. The van der Waals surface area contributed by atoms with E-state index < -0.39 is 0 Å². The number of nitrogens with one attached hydrogen (secondary N) is 1. The summed E-state index contributed by atoms with van der Waals surface area (Å²) in [5.74, 6) is 0.383. The Morgan fingerprint density at radius 1 is 1.25 bits per heavy atom. The van der Waals surface area contributed by atoms with Crippen molar-refractivity contribution in [2.75, 3.05) is 24.8 Å². The van der Waals surface area contributed by atoms with Gasteiger partial charge in [0.2, 0.25) is 5.91 Å². The van der Waals surface area contributed by atoms with Crippen LogP contribution in [-0.4, -0.2) is 40.7 Å². The molecule has 0 radical (unpaired) electrons. The molecule has 2 aromatic carbocycles. The number of rotatable bonds is 7. The van der Waals surface area contributed by atoms with Crippen molar-refractivity contribution in [3.63, 3.8) is 0 Å². The number of aryl methyl sites for hydroxylation is 1. The molecular weight excluding hydrogens is 374 g/mol. The van der Waals surface area contributed by atoms with E-state index in [1.54, 1.807) is 13.2 Å². The molecule has 2 heterocycles. The van der Waals surface area contributed by atoms with E-state index >= 15 is 0 Å². The molecule has 0 unspecified atom stereocenters. The number of ether oxygens (including phenoxy) is 1. The number of nitrogens with zero attached hydrogens (tertiary/aromatic N) is 2. The van der Waals surface area contributed by atoms with Crippen LogP contribution in [0.1, 0.15) is 22.3 Å². The van der Waals surface area contributed by atoms with Crippen molar-refractivity contribution in [3.8, 4) is 0 Å². The molecule has 0 atom stereocenters. The number of carbonyl (C=O) groups is 2. The summed E-state index contributed by atoms with van der Waals surface area (Å²) in [5, 5.41) is 3.66. The van der Waals surface area contributed by atoms with Crippen LogP contribution in [0.4, 0.5) is 5.69 Å². The molecule has 0 saturated heterocycles. The van der Waals surface area contributed by atoms with Crippen molar-refractivity contribution in [1.29, 1.82) is 0 Å². The average Bonchev–Trinajstić information content (AvgIpc) is 3.07. The van der Waals surface area contributed by atoms with Crippen molar-refractivity contribution in [1.82, 2.24) is 9.55 Å². The Labute approximate surface area is 167 Å². The lowest BCUT2D eigenvalue weighted by atomic mass is 9.99. The van der Waals surface area contributed by atoms with Crippen LogP contribution in [0.25, 0.3) is 11.0 Å². The number of fused-ring (bicyclic) bond motifs is 2. The molecule has 1 aliphatic rings. The van der Waals surface area contributed by atoms with E-state index in [9.17, 15) is 9.59 Å². The maximum Gasteiger partial charge on any atom is 0.224 e. The van der Waals surface area contributed by atoms with Crippen LogP contribution < -0.4 is 5.32 Å². The molecule has 6 nitrogen and oxygen atoms in total. The number of amides is 1. The van der Waals surface area contributed by atoms with Crippen LogP contribution >= 0.6 is 11.8 Å². The number of ketones is 1. The monoisotopic (exact) mass is 395 g/mol. The summed E-state index contributed by atoms with van der Waals surface area (Å²) in [6.07, 6.45) is 1.13. The summed E-state index contributed by atoms with van der Waals surface area (Å²) >= 11 is 1.44. The van der Waals surface area contributed by atoms with Gasteiger partial charge >= 0.3 is 0 Å². The highest BCUT2D eigenvalue weighted by Crippen LogP contribution is 2.27. The molecule has 28 heavy (non-hydrogen) atoms. The maximum atomic E-state index is 12.7. The second-order valence-corrected chi connectivity index (χ2v) is 7.60. The van der Waals surface area contributed by atoms with Crippen LogP contribution in [0.2, 0.25) is 0 Å². The van der Waals surface area contributed by atoms with Gasteiger partial charge in [-0.05, 0) is 42.3 Å². The number of aromatic nitrogens is 2. The summed E-state index contributed by atoms with van der Waals surface area (Å²) in [4.78, 5) is 28.9. The normalized spacial score (nSPS) is 13.4. The molecule has 7 heteroatoms.